The average molecular weight is 259 g/mol. The Morgan fingerprint density at radius 3 is 2.74 bits per heavy atom. The van der Waals surface area contributed by atoms with Crippen molar-refractivity contribution in [3.63, 3.8) is 0 Å². The molecule has 0 spiro atoms. The fourth-order valence-corrected chi connectivity index (χ4v) is 1.94. The van der Waals surface area contributed by atoms with Gasteiger partial charge < -0.3 is 4.98 Å². The van der Waals surface area contributed by atoms with Gasteiger partial charge in [-0.05, 0) is 5.92 Å². The van der Waals surface area contributed by atoms with Gasteiger partial charge in [0.15, 0.2) is 0 Å². The lowest BCUT2D eigenvalue weighted by molar-refractivity contribution is -0.384. The summed E-state index contributed by atoms with van der Waals surface area (Å²) in [5.74, 6) is -0.0216. The fourth-order valence-electron chi connectivity index (χ4n) is 1.94. The summed E-state index contributed by atoms with van der Waals surface area (Å²) >= 11 is 0. The van der Waals surface area contributed by atoms with E-state index in [4.69, 9.17) is 0 Å². The maximum Gasteiger partial charge on any atom is 0.270 e. The molecule has 0 saturated carbocycles. The van der Waals surface area contributed by atoms with Gasteiger partial charge in [-0.3, -0.25) is 14.9 Å². The predicted octanol–water partition coefficient (Wildman–Crippen LogP) is 2.47. The number of hydrogen-bond acceptors (Lipinski definition) is 4. The van der Waals surface area contributed by atoms with E-state index in [0.717, 1.165) is 0 Å². The van der Waals surface area contributed by atoms with E-state index in [1.807, 2.05) is 13.8 Å². The molecule has 0 unspecified atom stereocenters. The van der Waals surface area contributed by atoms with Crippen molar-refractivity contribution < 1.29 is 4.92 Å². The Hall–Kier alpha value is -2.50. The highest BCUT2D eigenvalue weighted by atomic mass is 16.6. The molecule has 0 aliphatic carbocycles. The summed E-state index contributed by atoms with van der Waals surface area (Å²) < 4.78 is 0. The Labute approximate surface area is 109 Å². The van der Waals surface area contributed by atoms with Gasteiger partial charge in [-0.25, -0.2) is 4.98 Å². The lowest BCUT2D eigenvalue weighted by atomic mass is 9.98. The number of rotatable bonds is 3. The Kier molecular flexibility index (Phi) is 3.41. The van der Waals surface area contributed by atoms with Crippen molar-refractivity contribution in [2.45, 2.75) is 19.8 Å². The number of aromatic amines is 1. The zero-order valence-corrected chi connectivity index (χ0v) is 10.6. The third-order valence-corrected chi connectivity index (χ3v) is 2.80. The maximum atomic E-state index is 11.8. The van der Waals surface area contributed by atoms with E-state index >= 15 is 0 Å². The second-order valence-electron chi connectivity index (χ2n) is 4.46. The molecule has 0 fully saturated rings. The standard InChI is InChI=1S/C13H13N3O3/c1-8(2)11-12(14-7-15-13(11)17)9-4-3-5-10(6-9)16(18)19/h3-8H,1-2H3,(H,14,15,17). The van der Waals surface area contributed by atoms with Gasteiger partial charge in [-0.2, -0.15) is 0 Å². The molecular formula is C13H13N3O3. The third kappa shape index (κ3) is 2.52. The molecule has 19 heavy (non-hydrogen) atoms. The van der Waals surface area contributed by atoms with E-state index < -0.39 is 4.92 Å². The number of nitrogens with zero attached hydrogens (tertiary/aromatic N) is 2. The molecule has 0 aliphatic heterocycles. The zero-order valence-electron chi connectivity index (χ0n) is 10.6. The summed E-state index contributed by atoms with van der Waals surface area (Å²) in [5, 5.41) is 10.8. The van der Waals surface area contributed by atoms with Crippen molar-refractivity contribution in [1.82, 2.24) is 9.97 Å². The molecule has 1 heterocycles. The van der Waals surface area contributed by atoms with E-state index in [-0.39, 0.29) is 17.2 Å². The van der Waals surface area contributed by atoms with Gasteiger partial charge in [0.1, 0.15) is 0 Å². The normalized spacial score (nSPS) is 10.7. The molecule has 0 atom stereocenters. The number of non-ortho nitro benzene ring substituents is 1. The van der Waals surface area contributed by atoms with Crippen molar-refractivity contribution in [3.05, 3.63) is 56.6 Å². The molecule has 0 aliphatic rings. The summed E-state index contributed by atoms with van der Waals surface area (Å²) in [6.45, 7) is 3.76. The van der Waals surface area contributed by atoms with Crippen molar-refractivity contribution in [3.8, 4) is 11.3 Å². The predicted molar refractivity (Wildman–Crippen MR) is 71.0 cm³/mol. The first-order valence-corrected chi connectivity index (χ1v) is 5.83. The Morgan fingerprint density at radius 1 is 1.37 bits per heavy atom. The van der Waals surface area contributed by atoms with E-state index in [9.17, 15) is 14.9 Å². The van der Waals surface area contributed by atoms with Gasteiger partial charge in [-0.1, -0.05) is 26.0 Å². The molecular weight excluding hydrogens is 246 g/mol. The van der Waals surface area contributed by atoms with Crippen LogP contribution in [-0.2, 0) is 0 Å². The van der Waals surface area contributed by atoms with Crippen molar-refractivity contribution >= 4 is 5.69 Å². The second kappa shape index (κ2) is 5.01. The highest BCUT2D eigenvalue weighted by Crippen LogP contribution is 2.26. The van der Waals surface area contributed by atoms with Crippen LogP contribution in [0.1, 0.15) is 25.3 Å². The van der Waals surface area contributed by atoms with Gasteiger partial charge in [-0.15, -0.1) is 0 Å². The Bertz CT molecular complexity index is 677. The molecule has 6 heteroatoms. The van der Waals surface area contributed by atoms with Gasteiger partial charge in [0.2, 0.25) is 0 Å². The number of nitro groups is 1. The first-order chi connectivity index (χ1) is 9.00. The Balaban J connectivity index is 2.65. The van der Waals surface area contributed by atoms with Crippen LogP contribution in [0.2, 0.25) is 0 Å². The molecule has 0 radical (unpaired) electrons. The maximum absolute atomic E-state index is 11.8. The summed E-state index contributed by atoms with van der Waals surface area (Å²) in [6, 6.07) is 6.13. The number of hydrogen-bond donors (Lipinski definition) is 1. The van der Waals surface area contributed by atoms with Crippen molar-refractivity contribution in [2.24, 2.45) is 0 Å². The molecule has 6 nitrogen and oxygen atoms in total. The minimum absolute atomic E-state index is 0.0192. The zero-order chi connectivity index (χ0) is 14.0. The van der Waals surface area contributed by atoms with Crippen LogP contribution in [0.4, 0.5) is 5.69 Å². The van der Waals surface area contributed by atoms with E-state index in [0.29, 0.717) is 16.8 Å². The van der Waals surface area contributed by atoms with Crippen molar-refractivity contribution in [1.29, 1.82) is 0 Å². The molecule has 1 aromatic heterocycles. The topological polar surface area (TPSA) is 88.9 Å². The average Bonchev–Trinajstić information content (AvgIpc) is 2.38. The number of H-pyrrole nitrogens is 1. The Morgan fingerprint density at radius 2 is 2.11 bits per heavy atom. The first-order valence-electron chi connectivity index (χ1n) is 5.83. The summed E-state index contributed by atoms with van der Waals surface area (Å²) in [7, 11) is 0. The van der Waals surface area contributed by atoms with Crippen molar-refractivity contribution in [2.75, 3.05) is 0 Å². The molecule has 1 N–H and O–H groups in total. The second-order valence-corrected chi connectivity index (χ2v) is 4.46. The molecule has 2 aromatic rings. The number of benzene rings is 1. The van der Waals surface area contributed by atoms with Gasteiger partial charge >= 0.3 is 0 Å². The SMILES string of the molecule is CC(C)c1c(-c2cccc([N+](=O)[O-])c2)nc[nH]c1=O. The van der Waals surface area contributed by atoms with Crippen LogP contribution >= 0.6 is 0 Å². The van der Waals surface area contributed by atoms with Crippen LogP contribution in [0, 0.1) is 10.1 Å². The van der Waals surface area contributed by atoms with Crippen LogP contribution in [0.3, 0.4) is 0 Å². The third-order valence-electron chi connectivity index (χ3n) is 2.80. The molecule has 0 bridgehead atoms. The van der Waals surface area contributed by atoms with E-state index in [2.05, 4.69) is 9.97 Å². The van der Waals surface area contributed by atoms with Crippen LogP contribution in [0.5, 0.6) is 0 Å². The molecule has 0 saturated heterocycles. The highest BCUT2D eigenvalue weighted by Gasteiger charge is 2.16. The van der Waals surface area contributed by atoms with E-state index in [1.54, 1.807) is 12.1 Å². The van der Waals surface area contributed by atoms with Gasteiger partial charge in [0, 0.05) is 23.3 Å². The molecule has 2 rings (SSSR count). The minimum atomic E-state index is -0.467. The summed E-state index contributed by atoms with van der Waals surface area (Å²) in [6.07, 6.45) is 1.31. The number of nitrogens with one attached hydrogen (secondary N) is 1. The number of nitro benzene ring substituents is 1. The number of aromatic nitrogens is 2. The van der Waals surface area contributed by atoms with Crippen LogP contribution in [0.15, 0.2) is 35.4 Å². The largest absolute Gasteiger partial charge is 0.313 e. The quantitative estimate of drug-likeness (QED) is 0.677. The van der Waals surface area contributed by atoms with Crippen LogP contribution < -0.4 is 5.56 Å². The monoisotopic (exact) mass is 259 g/mol. The molecule has 98 valence electrons. The summed E-state index contributed by atoms with van der Waals surface area (Å²) in [5.41, 5.74) is 1.36. The first kappa shape index (κ1) is 12.9. The lowest BCUT2D eigenvalue weighted by Crippen LogP contribution is -2.16. The molecule has 1 aromatic carbocycles. The van der Waals surface area contributed by atoms with E-state index in [1.165, 1.54) is 18.5 Å². The lowest BCUT2D eigenvalue weighted by Gasteiger charge is -2.10. The summed E-state index contributed by atoms with van der Waals surface area (Å²) in [4.78, 5) is 28.8. The molecule has 0 amide bonds. The van der Waals surface area contributed by atoms with Crippen LogP contribution in [-0.4, -0.2) is 14.9 Å². The van der Waals surface area contributed by atoms with Crippen LogP contribution in [0.25, 0.3) is 11.3 Å². The van der Waals surface area contributed by atoms with Gasteiger partial charge in [0.05, 0.1) is 16.9 Å². The fraction of sp³-hybridized carbons (Fsp3) is 0.231. The van der Waals surface area contributed by atoms with Gasteiger partial charge in [0.25, 0.3) is 11.2 Å². The minimum Gasteiger partial charge on any atom is -0.313 e. The highest BCUT2D eigenvalue weighted by molar-refractivity contribution is 5.65. The smallest absolute Gasteiger partial charge is 0.270 e.